The summed E-state index contributed by atoms with van der Waals surface area (Å²) in [7, 11) is 0. The van der Waals surface area contributed by atoms with Crippen molar-refractivity contribution in [2.24, 2.45) is 0 Å². The first-order valence-corrected chi connectivity index (χ1v) is 5.66. The first kappa shape index (κ1) is 13.3. The van der Waals surface area contributed by atoms with Crippen molar-refractivity contribution < 1.29 is 22.0 Å². The van der Waals surface area contributed by atoms with Crippen LogP contribution in [0.4, 0.5) is 22.0 Å². The van der Waals surface area contributed by atoms with Crippen molar-refractivity contribution in [1.82, 2.24) is 5.32 Å². The highest BCUT2D eigenvalue weighted by atomic mass is 19.4. The number of hydrogen-bond donors (Lipinski definition) is 1. The summed E-state index contributed by atoms with van der Waals surface area (Å²) in [5.74, 6) is -2.95. The van der Waals surface area contributed by atoms with E-state index in [9.17, 15) is 22.0 Å². The predicted molar refractivity (Wildman–Crippen MR) is 56.2 cm³/mol. The number of piperidine rings is 1. The van der Waals surface area contributed by atoms with Gasteiger partial charge in [0.1, 0.15) is 11.6 Å². The molecule has 0 amide bonds. The molecule has 1 saturated heterocycles. The van der Waals surface area contributed by atoms with Gasteiger partial charge in [-0.2, -0.15) is 13.2 Å². The van der Waals surface area contributed by atoms with Crippen LogP contribution in [0.1, 0.15) is 29.9 Å². The molecule has 0 bridgehead atoms. The molecule has 0 aliphatic carbocycles. The Morgan fingerprint density at radius 3 is 2.22 bits per heavy atom. The smallest absolute Gasteiger partial charge is 0.317 e. The Balaban J connectivity index is 2.49. The molecule has 0 unspecified atom stereocenters. The number of benzene rings is 1. The lowest BCUT2D eigenvalue weighted by molar-refractivity contribution is -0.140. The molecule has 1 heterocycles. The zero-order valence-electron chi connectivity index (χ0n) is 9.45. The summed E-state index contributed by atoms with van der Waals surface area (Å²) in [4.78, 5) is 0. The summed E-state index contributed by atoms with van der Waals surface area (Å²) in [5.41, 5.74) is -1.59. The van der Waals surface area contributed by atoms with E-state index in [1.807, 2.05) is 0 Å². The second-order valence-electron chi connectivity index (χ2n) is 4.37. The monoisotopic (exact) mass is 265 g/mol. The van der Waals surface area contributed by atoms with Crippen LogP contribution in [0.3, 0.4) is 0 Å². The lowest BCUT2D eigenvalue weighted by Gasteiger charge is -2.26. The van der Waals surface area contributed by atoms with Crippen LogP contribution in [-0.2, 0) is 6.18 Å². The van der Waals surface area contributed by atoms with Crippen molar-refractivity contribution >= 4 is 0 Å². The lowest BCUT2D eigenvalue weighted by atomic mass is 9.86. The topological polar surface area (TPSA) is 12.0 Å². The van der Waals surface area contributed by atoms with Crippen LogP contribution in [0, 0.1) is 11.6 Å². The van der Waals surface area contributed by atoms with Crippen LogP contribution in [0.15, 0.2) is 12.1 Å². The van der Waals surface area contributed by atoms with Gasteiger partial charge in [-0.3, -0.25) is 0 Å². The van der Waals surface area contributed by atoms with Crippen LogP contribution < -0.4 is 5.32 Å². The minimum atomic E-state index is -4.79. The van der Waals surface area contributed by atoms with Crippen LogP contribution in [-0.4, -0.2) is 13.1 Å². The standard InChI is InChI=1S/C12H12F5N/c13-8-5-9(7-1-3-18-4-2-7)11(10(14)6-8)12(15,16)17/h5-7,18H,1-4H2. The van der Waals surface area contributed by atoms with Crippen LogP contribution in [0.2, 0.25) is 0 Å². The fourth-order valence-corrected chi connectivity index (χ4v) is 2.35. The Labute approximate surface area is 101 Å². The van der Waals surface area contributed by atoms with E-state index in [0.29, 0.717) is 25.9 Å². The van der Waals surface area contributed by atoms with Gasteiger partial charge < -0.3 is 5.32 Å². The molecule has 0 radical (unpaired) electrons. The average molecular weight is 265 g/mol. The third-order valence-corrected chi connectivity index (χ3v) is 3.15. The Hall–Kier alpha value is -1.17. The van der Waals surface area contributed by atoms with Crippen LogP contribution >= 0.6 is 0 Å². The van der Waals surface area contributed by atoms with Crippen molar-refractivity contribution in [2.75, 3.05) is 13.1 Å². The van der Waals surface area contributed by atoms with E-state index in [0.717, 1.165) is 6.07 Å². The summed E-state index contributed by atoms with van der Waals surface area (Å²) in [5, 5.41) is 3.00. The molecular weight excluding hydrogens is 253 g/mol. The number of alkyl halides is 3. The Morgan fingerprint density at radius 1 is 1.06 bits per heavy atom. The predicted octanol–water partition coefficient (Wildman–Crippen LogP) is 3.45. The van der Waals surface area contributed by atoms with E-state index >= 15 is 0 Å². The zero-order valence-corrected chi connectivity index (χ0v) is 9.45. The minimum Gasteiger partial charge on any atom is -0.317 e. The van der Waals surface area contributed by atoms with E-state index in [1.165, 1.54) is 0 Å². The zero-order chi connectivity index (χ0) is 13.3. The Kier molecular flexibility index (Phi) is 3.56. The van der Waals surface area contributed by atoms with Gasteiger partial charge in [-0.05, 0) is 43.5 Å². The fraction of sp³-hybridized carbons (Fsp3) is 0.500. The Morgan fingerprint density at radius 2 is 1.67 bits per heavy atom. The molecule has 1 N–H and O–H groups in total. The van der Waals surface area contributed by atoms with Gasteiger partial charge in [-0.1, -0.05) is 0 Å². The molecule has 18 heavy (non-hydrogen) atoms. The van der Waals surface area contributed by atoms with Crippen molar-refractivity contribution in [1.29, 1.82) is 0 Å². The highest BCUT2D eigenvalue weighted by molar-refractivity contribution is 5.35. The molecule has 6 heteroatoms. The van der Waals surface area contributed by atoms with Gasteiger partial charge in [-0.15, -0.1) is 0 Å². The van der Waals surface area contributed by atoms with Crippen molar-refractivity contribution in [3.05, 3.63) is 34.9 Å². The number of rotatable bonds is 1. The van der Waals surface area contributed by atoms with Crippen molar-refractivity contribution in [3.63, 3.8) is 0 Å². The normalized spacial score (nSPS) is 18.1. The van der Waals surface area contributed by atoms with E-state index < -0.39 is 29.3 Å². The van der Waals surface area contributed by atoms with Gasteiger partial charge in [0.05, 0.1) is 5.56 Å². The molecule has 100 valence electrons. The minimum absolute atomic E-state index is 0.262. The molecule has 1 aliphatic rings. The molecule has 0 saturated carbocycles. The molecular formula is C12H12F5N. The van der Waals surface area contributed by atoms with Gasteiger partial charge in [0.2, 0.25) is 0 Å². The molecule has 0 aromatic heterocycles. The van der Waals surface area contributed by atoms with Crippen molar-refractivity contribution in [2.45, 2.75) is 24.9 Å². The quantitative estimate of drug-likeness (QED) is 0.767. The van der Waals surface area contributed by atoms with Gasteiger partial charge in [-0.25, -0.2) is 8.78 Å². The molecule has 1 aromatic rings. The summed E-state index contributed by atoms with van der Waals surface area (Å²) in [6.45, 7) is 1.11. The van der Waals surface area contributed by atoms with E-state index in [1.54, 1.807) is 0 Å². The SMILES string of the molecule is Fc1cc(F)c(C(F)(F)F)c(C2CCNCC2)c1. The highest BCUT2D eigenvalue weighted by Crippen LogP contribution is 2.39. The summed E-state index contributed by atoms with van der Waals surface area (Å²) < 4.78 is 65.0. The summed E-state index contributed by atoms with van der Waals surface area (Å²) in [6, 6.07) is 1.09. The fourth-order valence-electron chi connectivity index (χ4n) is 2.35. The van der Waals surface area contributed by atoms with Crippen LogP contribution in [0.5, 0.6) is 0 Å². The molecule has 2 rings (SSSR count). The maximum Gasteiger partial charge on any atom is 0.419 e. The summed E-state index contributed by atoms with van der Waals surface area (Å²) in [6.07, 6.45) is -3.89. The first-order chi connectivity index (χ1) is 8.39. The number of halogens is 5. The molecule has 1 aliphatic heterocycles. The average Bonchev–Trinajstić information content (AvgIpc) is 2.27. The van der Waals surface area contributed by atoms with Gasteiger partial charge in [0.15, 0.2) is 0 Å². The van der Waals surface area contributed by atoms with E-state index in [4.69, 9.17) is 0 Å². The second kappa shape index (κ2) is 4.84. The maximum atomic E-state index is 13.4. The third kappa shape index (κ3) is 2.63. The van der Waals surface area contributed by atoms with E-state index in [2.05, 4.69) is 5.32 Å². The molecule has 1 aromatic carbocycles. The molecule has 1 nitrogen and oxygen atoms in total. The first-order valence-electron chi connectivity index (χ1n) is 5.66. The highest BCUT2D eigenvalue weighted by Gasteiger charge is 2.39. The van der Waals surface area contributed by atoms with E-state index in [-0.39, 0.29) is 11.6 Å². The van der Waals surface area contributed by atoms with Gasteiger partial charge in [0, 0.05) is 6.07 Å². The second-order valence-corrected chi connectivity index (χ2v) is 4.37. The summed E-state index contributed by atoms with van der Waals surface area (Å²) >= 11 is 0. The molecule has 1 fully saturated rings. The lowest BCUT2D eigenvalue weighted by Crippen LogP contribution is -2.28. The van der Waals surface area contributed by atoms with Gasteiger partial charge in [0.25, 0.3) is 0 Å². The largest absolute Gasteiger partial charge is 0.419 e. The number of nitrogens with one attached hydrogen (secondary N) is 1. The van der Waals surface area contributed by atoms with Crippen molar-refractivity contribution in [3.8, 4) is 0 Å². The molecule has 0 atom stereocenters. The third-order valence-electron chi connectivity index (χ3n) is 3.15. The van der Waals surface area contributed by atoms with Crippen LogP contribution in [0.25, 0.3) is 0 Å². The maximum absolute atomic E-state index is 13.4. The van der Waals surface area contributed by atoms with Gasteiger partial charge >= 0.3 is 6.18 Å². The molecule has 0 spiro atoms. The number of hydrogen-bond acceptors (Lipinski definition) is 1. The Bertz CT molecular complexity index is 435.